The van der Waals surface area contributed by atoms with Gasteiger partial charge in [-0.1, -0.05) is 0 Å². The molecule has 0 radical (unpaired) electrons. The summed E-state index contributed by atoms with van der Waals surface area (Å²) in [6.45, 7) is 9.31. The second-order valence-electron chi connectivity index (χ2n) is 3.51. The van der Waals surface area contributed by atoms with Gasteiger partial charge in [-0.25, -0.2) is 4.57 Å². The number of hydrogen-bond acceptors (Lipinski definition) is 1. The van der Waals surface area contributed by atoms with Crippen LogP contribution in [0.5, 0.6) is 0 Å². The standard InChI is InChI=1S/C4H13P.H3O4P/c2*1-5(2,3)4/h5H,1-4H3;(H3,1,2,3,4). The van der Waals surface area contributed by atoms with Crippen molar-refractivity contribution in [2.24, 2.45) is 0 Å². The fourth-order valence-corrected chi connectivity index (χ4v) is 0. The Labute approximate surface area is 61.9 Å². The first-order valence-electron chi connectivity index (χ1n) is 2.78. The second kappa shape index (κ2) is 4.42. The van der Waals surface area contributed by atoms with Crippen molar-refractivity contribution in [3.63, 3.8) is 0 Å². The predicted molar refractivity (Wildman–Crippen MR) is 46.3 cm³/mol. The van der Waals surface area contributed by atoms with Crippen molar-refractivity contribution >= 4 is 15.1 Å². The first kappa shape index (κ1) is 13.2. The molecule has 0 unspecified atom stereocenters. The molecule has 0 aliphatic heterocycles. The Morgan fingerprint density at radius 2 is 1.00 bits per heavy atom. The van der Waals surface area contributed by atoms with Gasteiger partial charge in [0.25, 0.3) is 0 Å². The van der Waals surface area contributed by atoms with Crippen molar-refractivity contribution in [1.29, 1.82) is 0 Å². The van der Waals surface area contributed by atoms with Crippen LogP contribution in [0.3, 0.4) is 0 Å². The maximum atomic E-state index is 8.88. The minimum absolute atomic E-state index is 0.611. The maximum Gasteiger partial charge on any atom is 0.466 e. The quantitative estimate of drug-likeness (QED) is 0.481. The summed E-state index contributed by atoms with van der Waals surface area (Å²) >= 11 is 0. The van der Waals surface area contributed by atoms with E-state index in [0.29, 0.717) is 0 Å². The van der Waals surface area contributed by atoms with Gasteiger partial charge in [-0.2, -0.15) is 0 Å². The summed E-state index contributed by atoms with van der Waals surface area (Å²) in [5, 5.41) is 0. The van der Waals surface area contributed by atoms with E-state index in [2.05, 4.69) is 26.7 Å². The van der Waals surface area contributed by atoms with E-state index in [-0.39, 0.29) is 0 Å². The molecule has 0 fully saturated rings. The van der Waals surface area contributed by atoms with Gasteiger partial charge >= 0.3 is 41.7 Å². The smallest absolute Gasteiger partial charge is 0.303 e. The second-order valence-corrected chi connectivity index (χ2v) is 10.5. The van der Waals surface area contributed by atoms with Crippen LogP contribution in [0.4, 0.5) is 0 Å². The third-order valence-corrected chi connectivity index (χ3v) is 0. The van der Waals surface area contributed by atoms with Crippen molar-refractivity contribution < 1.29 is 19.2 Å². The molecule has 66 valence electrons. The Morgan fingerprint density at radius 3 is 1.00 bits per heavy atom. The fraction of sp³-hybridized carbons (Fsp3) is 1.00. The van der Waals surface area contributed by atoms with E-state index in [1.165, 1.54) is 0 Å². The van der Waals surface area contributed by atoms with Crippen LogP contribution < -0.4 is 0 Å². The molecule has 0 bridgehead atoms. The molecule has 0 saturated carbocycles. The van der Waals surface area contributed by atoms with E-state index in [1.807, 2.05) is 0 Å². The maximum absolute atomic E-state index is 8.88. The molecule has 4 nitrogen and oxygen atoms in total. The zero-order valence-electron chi connectivity index (χ0n) is 6.70. The number of phosphoric acid groups is 1. The summed E-state index contributed by atoms with van der Waals surface area (Å²) in [5.41, 5.74) is 0. The predicted octanol–water partition coefficient (Wildman–Crippen LogP) is 0.327. The summed E-state index contributed by atoms with van der Waals surface area (Å²) in [6, 6.07) is 0. The van der Waals surface area contributed by atoms with Gasteiger partial charge in [0.2, 0.25) is 0 Å². The van der Waals surface area contributed by atoms with Crippen molar-refractivity contribution in [2.45, 2.75) is 0 Å². The van der Waals surface area contributed by atoms with Crippen molar-refractivity contribution in [1.82, 2.24) is 0 Å². The van der Waals surface area contributed by atoms with E-state index in [9.17, 15) is 0 Å². The molecule has 0 heterocycles. The van der Waals surface area contributed by atoms with Gasteiger partial charge in [0, 0.05) is 0 Å². The van der Waals surface area contributed by atoms with Crippen molar-refractivity contribution in [2.75, 3.05) is 26.7 Å². The minimum Gasteiger partial charge on any atom is -0.303 e. The van der Waals surface area contributed by atoms with Crippen LogP contribution in [-0.4, -0.2) is 41.3 Å². The molecule has 0 atom stereocenters. The van der Waals surface area contributed by atoms with Gasteiger partial charge in [0.15, 0.2) is 0 Å². The van der Waals surface area contributed by atoms with Crippen LogP contribution in [0.1, 0.15) is 0 Å². The average Bonchev–Trinajstić information content (AvgIpc) is 1.12. The molecule has 0 aromatic carbocycles. The molecule has 0 saturated heterocycles. The Morgan fingerprint density at radius 1 is 1.00 bits per heavy atom. The molecule has 0 aromatic heterocycles. The van der Waals surface area contributed by atoms with E-state index >= 15 is 0 Å². The Kier molecular flexibility index (Phi) is 5.82. The molecule has 0 spiro atoms. The number of hydrogen-bond donors (Lipinski definition) is 3. The molecule has 6 heteroatoms. The largest absolute Gasteiger partial charge is 0.466 e. The Bertz CT molecular complexity index is 107. The monoisotopic (exact) mass is 190 g/mol. The van der Waals surface area contributed by atoms with E-state index in [1.54, 1.807) is 0 Å². The molecular formula is C4H16O4P2. The van der Waals surface area contributed by atoms with Crippen LogP contribution >= 0.6 is 15.1 Å². The van der Waals surface area contributed by atoms with Gasteiger partial charge in [-0.3, -0.25) is 0 Å². The van der Waals surface area contributed by atoms with Crippen molar-refractivity contribution in [3.05, 3.63) is 0 Å². The van der Waals surface area contributed by atoms with Gasteiger partial charge < -0.3 is 14.7 Å². The van der Waals surface area contributed by atoms with E-state index in [4.69, 9.17) is 19.2 Å². The Hall–Kier alpha value is 0.540. The molecule has 0 aromatic rings. The zero-order valence-corrected chi connectivity index (χ0v) is 8.59. The topological polar surface area (TPSA) is 77.8 Å². The first-order chi connectivity index (χ1) is 4.00. The van der Waals surface area contributed by atoms with Gasteiger partial charge in [-0.05, 0) is 0 Å². The minimum atomic E-state index is -4.64. The van der Waals surface area contributed by atoms with E-state index in [0.717, 1.165) is 0 Å². The fourth-order valence-electron chi connectivity index (χ4n) is 0. The van der Waals surface area contributed by atoms with Gasteiger partial charge in [0.05, 0.1) is 0 Å². The third kappa shape index (κ3) is 1660. The van der Waals surface area contributed by atoms with Gasteiger partial charge in [-0.15, -0.1) is 0 Å². The summed E-state index contributed by atoms with van der Waals surface area (Å²) in [5.74, 6) is 0. The third-order valence-electron chi connectivity index (χ3n) is 0. The normalized spacial score (nSPS) is 13.5. The SMILES string of the molecule is C[PH](C)(C)C.O=P(O)(O)O. The summed E-state index contributed by atoms with van der Waals surface area (Å²) in [6.07, 6.45) is 0. The summed E-state index contributed by atoms with van der Waals surface area (Å²) in [7, 11) is -5.25. The summed E-state index contributed by atoms with van der Waals surface area (Å²) < 4.78 is 8.88. The summed E-state index contributed by atoms with van der Waals surface area (Å²) in [4.78, 5) is 21.6. The van der Waals surface area contributed by atoms with Crippen molar-refractivity contribution in [3.8, 4) is 0 Å². The zero-order chi connectivity index (χ0) is 9.00. The average molecular weight is 190 g/mol. The number of rotatable bonds is 0. The molecular weight excluding hydrogens is 174 g/mol. The molecule has 10 heavy (non-hydrogen) atoms. The van der Waals surface area contributed by atoms with Crippen LogP contribution in [0.25, 0.3) is 0 Å². The molecule has 0 rings (SSSR count). The molecule has 0 aliphatic carbocycles. The van der Waals surface area contributed by atoms with Crippen LogP contribution in [0, 0.1) is 0 Å². The molecule has 0 aliphatic rings. The van der Waals surface area contributed by atoms with E-state index < -0.39 is 15.1 Å². The van der Waals surface area contributed by atoms with Crippen LogP contribution in [-0.2, 0) is 4.57 Å². The van der Waals surface area contributed by atoms with Crippen LogP contribution in [0.15, 0.2) is 0 Å². The Balaban J connectivity index is 0. The molecule has 3 N–H and O–H groups in total. The first-order valence-corrected chi connectivity index (χ1v) is 8.35. The van der Waals surface area contributed by atoms with Gasteiger partial charge in [0.1, 0.15) is 0 Å². The van der Waals surface area contributed by atoms with Crippen LogP contribution in [0.2, 0.25) is 0 Å². The molecule has 0 amide bonds.